The van der Waals surface area contributed by atoms with Crippen LogP contribution in [0, 0.1) is 0 Å². The topological polar surface area (TPSA) is 105 Å². The highest BCUT2D eigenvalue weighted by atomic mass is 35.5. The van der Waals surface area contributed by atoms with Gasteiger partial charge in [-0.1, -0.05) is 11.6 Å². The number of methoxy groups -OCH3 is 1. The van der Waals surface area contributed by atoms with E-state index >= 15 is 0 Å². The standard InChI is InChI=1S/C23H27ClN6O3/c1-14(2)30-10-8-19(28-30)21-17(24)12-25-23(27-21)26-18-7-6-15(11-20(18)33-3)22(32)29-9-4-5-16(29)13-31/h6-8,10-12,14,16,31H,4-5,9,13H2,1-3H3,(H,25,26,27)/t16-/m0/s1. The number of nitrogens with one attached hydrogen (secondary N) is 1. The number of likely N-dealkylation sites (tertiary alicyclic amines) is 1. The van der Waals surface area contributed by atoms with E-state index < -0.39 is 0 Å². The maximum Gasteiger partial charge on any atom is 0.254 e. The second kappa shape index (κ2) is 9.76. The normalized spacial score (nSPS) is 15.8. The van der Waals surface area contributed by atoms with Crippen LogP contribution < -0.4 is 10.1 Å². The Morgan fingerprint density at radius 1 is 1.36 bits per heavy atom. The number of aliphatic hydroxyl groups is 1. The molecule has 4 rings (SSSR count). The molecule has 0 unspecified atom stereocenters. The van der Waals surface area contributed by atoms with Gasteiger partial charge in [-0.15, -0.1) is 0 Å². The van der Waals surface area contributed by atoms with Crippen molar-refractivity contribution in [3.63, 3.8) is 0 Å². The molecule has 1 aromatic carbocycles. The van der Waals surface area contributed by atoms with Crippen LogP contribution >= 0.6 is 11.6 Å². The Balaban J connectivity index is 1.58. The smallest absolute Gasteiger partial charge is 0.254 e. The highest BCUT2D eigenvalue weighted by molar-refractivity contribution is 6.32. The van der Waals surface area contributed by atoms with Gasteiger partial charge in [0.2, 0.25) is 5.95 Å². The summed E-state index contributed by atoms with van der Waals surface area (Å²) in [7, 11) is 1.54. The lowest BCUT2D eigenvalue weighted by atomic mass is 10.1. The highest BCUT2D eigenvalue weighted by Crippen LogP contribution is 2.31. The fourth-order valence-electron chi connectivity index (χ4n) is 3.87. The largest absolute Gasteiger partial charge is 0.495 e. The molecule has 1 aliphatic heterocycles. The number of ether oxygens (including phenoxy) is 1. The van der Waals surface area contributed by atoms with Gasteiger partial charge in [-0.05, 0) is 51.0 Å². The van der Waals surface area contributed by atoms with Gasteiger partial charge in [-0.25, -0.2) is 9.97 Å². The van der Waals surface area contributed by atoms with Crippen molar-refractivity contribution in [2.75, 3.05) is 25.6 Å². The van der Waals surface area contributed by atoms with E-state index in [-0.39, 0.29) is 24.6 Å². The monoisotopic (exact) mass is 470 g/mol. The van der Waals surface area contributed by atoms with E-state index in [9.17, 15) is 9.90 Å². The number of hydrogen-bond acceptors (Lipinski definition) is 7. The number of benzene rings is 1. The first kappa shape index (κ1) is 23.0. The van der Waals surface area contributed by atoms with Crippen LogP contribution in [0.4, 0.5) is 11.6 Å². The lowest BCUT2D eigenvalue weighted by molar-refractivity contribution is 0.0677. The molecule has 33 heavy (non-hydrogen) atoms. The molecule has 2 N–H and O–H groups in total. The molecule has 0 spiro atoms. The number of anilines is 2. The molecule has 10 heteroatoms. The summed E-state index contributed by atoms with van der Waals surface area (Å²) in [5.41, 5.74) is 2.27. The zero-order chi connectivity index (χ0) is 23.5. The number of aliphatic hydroxyl groups excluding tert-OH is 1. The number of carbonyl (C=O) groups is 1. The van der Waals surface area contributed by atoms with Crippen LogP contribution in [0.15, 0.2) is 36.7 Å². The average molecular weight is 471 g/mol. The highest BCUT2D eigenvalue weighted by Gasteiger charge is 2.29. The third-order valence-corrected chi connectivity index (χ3v) is 5.94. The average Bonchev–Trinajstić information content (AvgIpc) is 3.50. The van der Waals surface area contributed by atoms with Crippen LogP contribution in [-0.2, 0) is 0 Å². The molecule has 0 saturated carbocycles. The molecule has 3 heterocycles. The summed E-state index contributed by atoms with van der Waals surface area (Å²) in [6.45, 7) is 4.69. The van der Waals surface area contributed by atoms with E-state index in [0.29, 0.717) is 45.9 Å². The van der Waals surface area contributed by atoms with E-state index in [1.54, 1.807) is 23.1 Å². The third-order valence-electron chi connectivity index (χ3n) is 5.67. The minimum Gasteiger partial charge on any atom is -0.495 e. The molecule has 2 aromatic heterocycles. The molecule has 1 fully saturated rings. The maximum absolute atomic E-state index is 12.9. The number of rotatable bonds is 7. The van der Waals surface area contributed by atoms with E-state index in [4.69, 9.17) is 16.3 Å². The summed E-state index contributed by atoms with van der Waals surface area (Å²) in [5, 5.41) is 17.6. The quantitative estimate of drug-likeness (QED) is 0.539. The van der Waals surface area contributed by atoms with Crippen molar-refractivity contribution >= 4 is 29.1 Å². The van der Waals surface area contributed by atoms with Gasteiger partial charge in [0.25, 0.3) is 5.91 Å². The Morgan fingerprint density at radius 2 is 2.18 bits per heavy atom. The Morgan fingerprint density at radius 3 is 2.88 bits per heavy atom. The minimum absolute atomic E-state index is 0.0336. The van der Waals surface area contributed by atoms with Crippen molar-refractivity contribution in [3.05, 3.63) is 47.2 Å². The molecular formula is C23H27ClN6O3. The molecule has 174 valence electrons. The van der Waals surface area contributed by atoms with Crippen molar-refractivity contribution in [1.82, 2.24) is 24.6 Å². The van der Waals surface area contributed by atoms with E-state index in [1.165, 1.54) is 13.3 Å². The molecule has 0 radical (unpaired) electrons. The zero-order valence-electron chi connectivity index (χ0n) is 18.8. The second-order valence-electron chi connectivity index (χ2n) is 8.18. The first-order valence-electron chi connectivity index (χ1n) is 10.9. The summed E-state index contributed by atoms with van der Waals surface area (Å²) < 4.78 is 7.35. The van der Waals surface area contributed by atoms with E-state index in [2.05, 4.69) is 20.4 Å². The van der Waals surface area contributed by atoms with Crippen LogP contribution in [0.25, 0.3) is 11.4 Å². The van der Waals surface area contributed by atoms with Crippen molar-refractivity contribution < 1.29 is 14.6 Å². The number of hydrogen-bond donors (Lipinski definition) is 2. The first-order valence-corrected chi connectivity index (χ1v) is 11.2. The minimum atomic E-state index is -0.138. The van der Waals surface area contributed by atoms with Gasteiger partial charge in [0.1, 0.15) is 17.1 Å². The molecule has 9 nitrogen and oxygen atoms in total. The summed E-state index contributed by atoms with van der Waals surface area (Å²) in [6.07, 6.45) is 5.10. The molecule has 1 aliphatic rings. The summed E-state index contributed by atoms with van der Waals surface area (Å²) in [6, 6.07) is 7.09. The predicted molar refractivity (Wildman–Crippen MR) is 126 cm³/mol. The maximum atomic E-state index is 12.9. The van der Waals surface area contributed by atoms with Crippen molar-refractivity contribution in [1.29, 1.82) is 0 Å². The van der Waals surface area contributed by atoms with E-state index in [1.807, 2.05) is 30.8 Å². The number of aromatic nitrogens is 4. The summed E-state index contributed by atoms with van der Waals surface area (Å²) in [5.74, 6) is 0.678. The number of nitrogens with zero attached hydrogens (tertiary/aromatic N) is 5. The van der Waals surface area contributed by atoms with Crippen LogP contribution in [0.1, 0.15) is 43.1 Å². The molecule has 0 aliphatic carbocycles. The zero-order valence-corrected chi connectivity index (χ0v) is 19.6. The van der Waals surface area contributed by atoms with Gasteiger partial charge >= 0.3 is 0 Å². The molecule has 0 bridgehead atoms. The Kier molecular flexibility index (Phi) is 6.80. The third kappa shape index (κ3) is 4.79. The SMILES string of the molecule is COc1cc(C(=O)N2CCC[C@H]2CO)ccc1Nc1ncc(Cl)c(-c2ccn(C(C)C)n2)n1. The predicted octanol–water partition coefficient (Wildman–Crippen LogP) is 3.92. The van der Waals surface area contributed by atoms with Gasteiger partial charge in [-0.3, -0.25) is 9.48 Å². The van der Waals surface area contributed by atoms with Gasteiger partial charge < -0.3 is 20.1 Å². The molecular weight excluding hydrogens is 444 g/mol. The van der Waals surface area contributed by atoms with Gasteiger partial charge in [0, 0.05) is 24.3 Å². The van der Waals surface area contributed by atoms with Crippen LogP contribution in [0.5, 0.6) is 5.75 Å². The Bertz CT molecular complexity index is 1150. The molecule has 3 aromatic rings. The molecule has 1 atom stereocenters. The van der Waals surface area contributed by atoms with Crippen LogP contribution in [0.3, 0.4) is 0 Å². The summed E-state index contributed by atoms with van der Waals surface area (Å²) >= 11 is 6.34. The molecule has 1 saturated heterocycles. The van der Waals surface area contributed by atoms with E-state index in [0.717, 1.165) is 12.8 Å². The Labute approximate surface area is 197 Å². The Hall–Kier alpha value is -3.17. The lowest BCUT2D eigenvalue weighted by Crippen LogP contribution is -2.37. The number of amides is 1. The first-order chi connectivity index (χ1) is 15.9. The second-order valence-corrected chi connectivity index (χ2v) is 8.59. The summed E-state index contributed by atoms with van der Waals surface area (Å²) in [4.78, 5) is 23.5. The van der Waals surface area contributed by atoms with Crippen molar-refractivity contribution in [3.8, 4) is 17.1 Å². The van der Waals surface area contributed by atoms with Crippen LogP contribution in [-0.4, -0.2) is 62.0 Å². The van der Waals surface area contributed by atoms with Crippen molar-refractivity contribution in [2.45, 2.75) is 38.8 Å². The van der Waals surface area contributed by atoms with Gasteiger partial charge in [-0.2, -0.15) is 5.10 Å². The number of carbonyl (C=O) groups excluding carboxylic acids is 1. The fraction of sp³-hybridized carbons (Fsp3) is 0.391. The molecule has 1 amide bonds. The van der Waals surface area contributed by atoms with Crippen LogP contribution in [0.2, 0.25) is 5.02 Å². The number of halogens is 1. The van der Waals surface area contributed by atoms with Gasteiger partial charge in [0.05, 0.1) is 36.7 Å². The lowest BCUT2D eigenvalue weighted by Gasteiger charge is -2.23. The fourth-order valence-corrected chi connectivity index (χ4v) is 4.05. The van der Waals surface area contributed by atoms with Crippen molar-refractivity contribution in [2.24, 2.45) is 0 Å². The van der Waals surface area contributed by atoms with Gasteiger partial charge in [0.15, 0.2) is 0 Å².